The molecule has 3 aromatic rings. The maximum atomic E-state index is 13.9. The van der Waals surface area contributed by atoms with Gasteiger partial charge in [0.05, 0.1) is 17.6 Å². The Morgan fingerprint density at radius 2 is 2.18 bits per heavy atom. The van der Waals surface area contributed by atoms with Crippen molar-refractivity contribution in [2.75, 3.05) is 6.61 Å². The van der Waals surface area contributed by atoms with Gasteiger partial charge < -0.3 is 9.72 Å². The third kappa shape index (κ3) is 3.02. The molecule has 0 aliphatic carbocycles. The van der Waals surface area contributed by atoms with Gasteiger partial charge in [-0.25, -0.2) is 14.4 Å². The zero-order valence-electron chi connectivity index (χ0n) is 11.8. The van der Waals surface area contributed by atoms with Gasteiger partial charge in [0.25, 0.3) is 0 Å². The van der Waals surface area contributed by atoms with Crippen LogP contribution in [0.15, 0.2) is 36.9 Å². The number of hydrogen-bond acceptors (Lipinski definition) is 3. The molecule has 1 aromatic carbocycles. The van der Waals surface area contributed by atoms with Crippen molar-refractivity contribution in [1.29, 1.82) is 0 Å². The Kier molecular flexibility index (Phi) is 4.97. The number of nitrogens with zero attached hydrogens (tertiary/aromatic N) is 2. The number of H-pyrrole nitrogens is 1. The van der Waals surface area contributed by atoms with Crippen LogP contribution in [-0.4, -0.2) is 21.6 Å². The SMILES string of the molecule is CCOc1cccc(F)c1C#Cc1c[nH]c2ncncc12.Cl. The zero-order valence-corrected chi connectivity index (χ0v) is 12.6. The maximum absolute atomic E-state index is 13.9. The fourth-order valence-electron chi connectivity index (χ4n) is 1.99. The summed E-state index contributed by atoms with van der Waals surface area (Å²) >= 11 is 0. The Labute approximate surface area is 133 Å². The first kappa shape index (κ1) is 15.8. The molecule has 22 heavy (non-hydrogen) atoms. The van der Waals surface area contributed by atoms with Crippen LogP contribution in [0.4, 0.5) is 4.39 Å². The number of benzene rings is 1. The zero-order chi connectivity index (χ0) is 14.7. The van der Waals surface area contributed by atoms with Crippen LogP contribution in [0.25, 0.3) is 11.0 Å². The Balaban J connectivity index is 0.00000176. The van der Waals surface area contributed by atoms with Crippen LogP contribution in [-0.2, 0) is 0 Å². The van der Waals surface area contributed by atoms with E-state index in [0.29, 0.717) is 18.0 Å². The summed E-state index contributed by atoms with van der Waals surface area (Å²) in [6.07, 6.45) is 4.86. The molecule has 0 spiro atoms. The normalized spacial score (nSPS) is 9.73. The van der Waals surface area contributed by atoms with Crippen molar-refractivity contribution in [3.05, 3.63) is 53.9 Å². The van der Waals surface area contributed by atoms with Crippen LogP contribution in [0, 0.1) is 17.7 Å². The summed E-state index contributed by atoms with van der Waals surface area (Å²) in [7, 11) is 0. The lowest BCUT2D eigenvalue weighted by atomic mass is 10.1. The van der Waals surface area contributed by atoms with Crippen molar-refractivity contribution >= 4 is 23.4 Å². The van der Waals surface area contributed by atoms with E-state index < -0.39 is 5.82 Å². The molecule has 0 amide bonds. The van der Waals surface area contributed by atoms with Gasteiger partial charge in [-0.3, -0.25) is 0 Å². The van der Waals surface area contributed by atoms with Gasteiger partial charge in [-0.05, 0) is 19.1 Å². The Morgan fingerprint density at radius 1 is 1.32 bits per heavy atom. The van der Waals surface area contributed by atoms with Crippen LogP contribution in [0.1, 0.15) is 18.1 Å². The molecule has 0 radical (unpaired) electrons. The van der Waals surface area contributed by atoms with Crippen molar-refractivity contribution in [2.45, 2.75) is 6.92 Å². The van der Waals surface area contributed by atoms with Gasteiger partial charge in [-0.15, -0.1) is 12.4 Å². The monoisotopic (exact) mass is 317 g/mol. The van der Waals surface area contributed by atoms with Gasteiger partial charge in [0.2, 0.25) is 0 Å². The molecule has 0 unspecified atom stereocenters. The summed E-state index contributed by atoms with van der Waals surface area (Å²) in [6.45, 7) is 2.30. The number of hydrogen-bond donors (Lipinski definition) is 1. The molecule has 0 aliphatic heterocycles. The highest BCUT2D eigenvalue weighted by molar-refractivity contribution is 5.85. The van der Waals surface area contributed by atoms with E-state index >= 15 is 0 Å². The summed E-state index contributed by atoms with van der Waals surface area (Å²) in [5.74, 6) is 5.82. The van der Waals surface area contributed by atoms with Crippen molar-refractivity contribution in [3.63, 3.8) is 0 Å². The van der Waals surface area contributed by atoms with E-state index in [1.54, 1.807) is 24.5 Å². The minimum atomic E-state index is -0.399. The molecular formula is C16H13ClFN3O. The molecule has 0 saturated heterocycles. The van der Waals surface area contributed by atoms with Crippen molar-refractivity contribution in [3.8, 4) is 17.6 Å². The van der Waals surface area contributed by atoms with E-state index in [4.69, 9.17) is 4.74 Å². The van der Waals surface area contributed by atoms with Crippen molar-refractivity contribution in [1.82, 2.24) is 15.0 Å². The lowest BCUT2D eigenvalue weighted by Crippen LogP contribution is -1.96. The average Bonchev–Trinajstić information content (AvgIpc) is 2.90. The predicted molar refractivity (Wildman–Crippen MR) is 84.7 cm³/mol. The number of fused-ring (bicyclic) bond motifs is 1. The van der Waals surface area contributed by atoms with E-state index in [-0.39, 0.29) is 18.0 Å². The number of halogens is 2. The molecular weight excluding hydrogens is 305 g/mol. The van der Waals surface area contributed by atoms with E-state index in [1.807, 2.05) is 6.92 Å². The van der Waals surface area contributed by atoms with Gasteiger partial charge in [0, 0.05) is 12.4 Å². The topological polar surface area (TPSA) is 50.8 Å². The van der Waals surface area contributed by atoms with E-state index in [2.05, 4.69) is 26.8 Å². The molecule has 3 rings (SSSR count). The molecule has 112 valence electrons. The first-order chi connectivity index (χ1) is 10.3. The van der Waals surface area contributed by atoms with Gasteiger partial charge in [-0.1, -0.05) is 17.9 Å². The number of rotatable bonds is 2. The molecule has 6 heteroatoms. The minimum absolute atomic E-state index is 0. The van der Waals surface area contributed by atoms with Crippen LogP contribution < -0.4 is 4.74 Å². The predicted octanol–water partition coefficient (Wildman–Crippen LogP) is 3.32. The Bertz CT molecular complexity index is 851. The summed E-state index contributed by atoms with van der Waals surface area (Å²) in [6, 6.07) is 4.67. The second kappa shape index (κ2) is 6.92. The van der Waals surface area contributed by atoms with E-state index in [9.17, 15) is 4.39 Å². The fraction of sp³-hybridized carbons (Fsp3) is 0.125. The van der Waals surface area contributed by atoms with Gasteiger partial charge in [0.1, 0.15) is 29.1 Å². The van der Waals surface area contributed by atoms with E-state index in [1.165, 1.54) is 12.4 Å². The minimum Gasteiger partial charge on any atom is -0.492 e. The molecule has 2 heterocycles. The molecule has 0 atom stereocenters. The smallest absolute Gasteiger partial charge is 0.142 e. The van der Waals surface area contributed by atoms with Gasteiger partial charge >= 0.3 is 0 Å². The Hall–Kier alpha value is -2.58. The number of nitrogens with one attached hydrogen (secondary N) is 1. The first-order valence-electron chi connectivity index (χ1n) is 6.50. The lowest BCUT2D eigenvalue weighted by molar-refractivity contribution is 0.337. The molecule has 0 saturated carbocycles. The van der Waals surface area contributed by atoms with Gasteiger partial charge in [0.15, 0.2) is 0 Å². The second-order valence-corrected chi connectivity index (χ2v) is 4.28. The number of aromatic amines is 1. The number of ether oxygens (including phenoxy) is 1. The second-order valence-electron chi connectivity index (χ2n) is 4.28. The maximum Gasteiger partial charge on any atom is 0.142 e. The third-order valence-electron chi connectivity index (χ3n) is 2.95. The summed E-state index contributed by atoms with van der Waals surface area (Å²) in [5.41, 5.74) is 1.68. The highest BCUT2D eigenvalue weighted by Crippen LogP contribution is 2.21. The molecule has 1 N–H and O–H groups in total. The van der Waals surface area contributed by atoms with E-state index in [0.717, 1.165) is 10.9 Å². The van der Waals surface area contributed by atoms with Crippen molar-refractivity contribution < 1.29 is 9.13 Å². The van der Waals surface area contributed by atoms with Crippen LogP contribution in [0.3, 0.4) is 0 Å². The average molecular weight is 318 g/mol. The summed E-state index contributed by atoms with van der Waals surface area (Å²) in [5, 5.41) is 0.805. The quantitative estimate of drug-likeness (QED) is 0.738. The lowest BCUT2D eigenvalue weighted by Gasteiger charge is -2.05. The highest BCUT2D eigenvalue weighted by atomic mass is 35.5. The van der Waals surface area contributed by atoms with Gasteiger partial charge in [-0.2, -0.15) is 0 Å². The largest absolute Gasteiger partial charge is 0.492 e. The van der Waals surface area contributed by atoms with Crippen LogP contribution >= 0.6 is 12.4 Å². The summed E-state index contributed by atoms with van der Waals surface area (Å²) in [4.78, 5) is 11.1. The number of aromatic nitrogens is 3. The molecule has 0 aliphatic rings. The van der Waals surface area contributed by atoms with Crippen molar-refractivity contribution in [2.24, 2.45) is 0 Å². The highest BCUT2D eigenvalue weighted by Gasteiger charge is 2.07. The standard InChI is InChI=1S/C16H12FN3O.ClH/c1-2-21-15-5-3-4-14(17)12(15)7-6-11-8-19-16-13(11)9-18-10-20-16;/h3-5,8-10H,2H2,1H3,(H,18,19,20);1H. The van der Waals surface area contributed by atoms with Crippen LogP contribution in [0.5, 0.6) is 5.75 Å². The molecule has 4 nitrogen and oxygen atoms in total. The third-order valence-corrected chi connectivity index (χ3v) is 2.95. The first-order valence-corrected chi connectivity index (χ1v) is 6.50. The molecule has 0 fully saturated rings. The molecule has 2 aromatic heterocycles. The molecule has 0 bridgehead atoms. The fourth-order valence-corrected chi connectivity index (χ4v) is 1.99. The summed E-state index contributed by atoms with van der Waals surface area (Å²) < 4.78 is 19.3. The Morgan fingerprint density at radius 3 is 3.00 bits per heavy atom. The van der Waals surface area contributed by atoms with Crippen LogP contribution in [0.2, 0.25) is 0 Å².